The molecule has 0 radical (unpaired) electrons. The van der Waals surface area contributed by atoms with E-state index in [4.69, 9.17) is 0 Å². The van der Waals surface area contributed by atoms with Gasteiger partial charge in [-0.3, -0.25) is 0 Å². The van der Waals surface area contributed by atoms with Crippen LogP contribution in [0, 0.1) is 41.5 Å². The maximum atomic E-state index is 12.7. The van der Waals surface area contributed by atoms with Crippen LogP contribution in [0.15, 0.2) is 200 Å². The normalized spacial score (nSPS) is 12.6. The van der Waals surface area contributed by atoms with Gasteiger partial charge in [-0.2, -0.15) is 0 Å². The first kappa shape index (κ1) is 45.0. The number of hydrogen-bond donors (Lipinski definition) is 1. The Morgan fingerprint density at radius 2 is 0.861 bits per heavy atom. The van der Waals surface area contributed by atoms with Crippen LogP contribution in [0.2, 0.25) is 0 Å². The highest BCUT2D eigenvalue weighted by molar-refractivity contribution is 6.98. The Bertz CT molecular complexity index is 3890. The molecule has 1 aliphatic carbocycles. The van der Waals surface area contributed by atoms with Gasteiger partial charge in [0.15, 0.2) is 0 Å². The topological polar surface area (TPSA) is 23.5 Å². The second-order valence-corrected chi connectivity index (χ2v) is 21.0. The van der Waals surface area contributed by atoms with Crippen molar-refractivity contribution in [3.63, 3.8) is 0 Å². The van der Waals surface area contributed by atoms with E-state index in [2.05, 4.69) is 254 Å². The van der Waals surface area contributed by atoms with Crippen LogP contribution in [0.3, 0.4) is 0 Å². The van der Waals surface area contributed by atoms with Crippen molar-refractivity contribution in [1.29, 1.82) is 0 Å². The second kappa shape index (κ2) is 17.3. The maximum absolute atomic E-state index is 12.7. The molecule has 0 unspecified atom stereocenters. The number of benzene rings is 11. The summed E-state index contributed by atoms with van der Waals surface area (Å²) in [6.07, 6.45) is 0. The molecule has 0 saturated heterocycles. The summed E-state index contributed by atoms with van der Waals surface area (Å²) in [5.74, 6) is 0.227. The van der Waals surface area contributed by atoms with Gasteiger partial charge in [0.25, 0.3) is 0 Å². The van der Waals surface area contributed by atoms with Crippen molar-refractivity contribution >= 4 is 72.5 Å². The van der Waals surface area contributed by atoms with Crippen LogP contribution >= 0.6 is 0 Å². The zero-order valence-corrected chi connectivity index (χ0v) is 42.5. The van der Waals surface area contributed by atoms with E-state index in [1.807, 2.05) is 6.07 Å². The molecule has 11 aromatic carbocycles. The minimum atomic E-state index is -0.182. The number of fused-ring (bicyclic) bond motifs is 8. The van der Waals surface area contributed by atoms with E-state index in [1.54, 1.807) is 0 Å². The number of hydrogen-bond acceptors (Lipinski definition) is 2. The third kappa shape index (κ3) is 7.24. The molecule has 72 heavy (non-hydrogen) atoms. The van der Waals surface area contributed by atoms with E-state index in [1.165, 1.54) is 93.6 Å². The van der Waals surface area contributed by atoms with E-state index in [0.717, 1.165) is 50.1 Å². The van der Waals surface area contributed by atoms with Gasteiger partial charge in [0.2, 0.25) is 6.71 Å². The Kier molecular flexibility index (Phi) is 10.8. The minimum Gasteiger partial charge on any atom is -0.507 e. The van der Waals surface area contributed by atoms with Gasteiger partial charge in [-0.25, -0.2) is 0 Å². The van der Waals surface area contributed by atoms with Crippen molar-refractivity contribution in [2.45, 2.75) is 60.8 Å². The lowest BCUT2D eigenvalue weighted by Gasteiger charge is -2.30. The molecule has 0 fully saturated rings. The lowest BCUT2D eigenvalue weighted by Crippen LogP contribution is -2.56. The summed E-state index contributed by atoms with van der Waals surface area (Å²) in [4.78, 5) is 2.32. The quantitative estimate of drug-likeness (QED) is 0.121. The largest absolute Gasteiger partial charge is 0.507 e. The lowest BCUT2D eigenvalue weighted by molar-refractivity contribution is 0.477. The zero-order valence-electron chi connectivity index (χ0n) is 42.5. The Morgan fingerprint density at radius 1 is 0.375 bits per heavy atom. The van der Waals surface area contributed by atoms with Crippen LogP contribution in [-0.2, 0) is 5.41 Å². The van der Waals surface area contributed by atoms with Crippen molar-refractivity contribution in [2.75, 3.05) is 4.90 Å². The molecule has 0 aromatic heterocycles. The van der Waals surface area contributed by atoms with Crippen LogP contribution in [-0.4, -0.2) is 11.8 Å². The molecular formula is C69H58BNO. The van der Waals surface area contributed by atoms with Crippen LogP contribution in [0.25, 0.3) is 65.7 Å². The van der Waals surface area contributed by atoms with Gasteiger partial charge in [0.1, 0.15) is 5.75 Å². The predicted molar refractivity (Wildman–Crippen MR) is 310 cm³/mol. The molecule has 12 rings (SSSR count). The van der Waals surface area contributed by atoms with E-state index >= 15 is 0 Å². The van der Waals surface area contributed by atoms with Gasteiger partial charge in [0.05, 0.1) is 5.69 Å². The van der Waals surface area contributed by atoms with Crippen molar-refractivity contribution in [3.05, 3.63) is 245 Å². The van der Waals surface area contributed by atoms with Gasteiger partial charge in [0, 0.05) is 34.0 Å². The summed E-state index contributed by atoms with van der Waals surface area (Å²) in [7, 11) is 0. The number of aromatic hydroxyl groups is 1. The molecular weight excluding hydrogens is 870 g/mol. The predicted octanol–water partition coefficient (Wildman–Crippen LogP) is 16.3. The average Bonchev–Trinajstić information content (AvgIpc) is 3.60. The second-order valence-electron chi connectivity index (χ2n) is 21.0. The number of para-hydroxylation sites is 1. The molecule has 348 valence electrons. The first-order valence-electron chi connectivity index (χ1n) is 25.4. The monoisotopic (exact) mass is 927 g/mol. The molecule has 0 bridgehead atoms. The van der Waals surface area contributed by atoms with E-state index < -0.39 is 0 Å². The highest BCUT2D eigenvalue weighted by Crippen LogP contribution is 2.52. The average molecular weight is 928 g/mol. The highest BCUT2D eigenvalue weighted by Gasteiger charge is 2.36. The third-order valence-corrected chi connectivity index (χ3v) is 15.9. The van der Waals surface area contributed by atoms with Crippen molar-refractivity contribution < 1.29 is 5.11 Å². The van der Waals surface area contributed by atoms with Crippen LogP contribution in [0.5, 0.6) is 5.75 Å². The summed E-state index contributed by atoms with van der Waals surface area (Å²) in [6, 6.07) is 73.2. The third-order valence-electron chi connectivity index (χ3n) is 15.9. The van der Waals surface area contributed by atoms with Gasteiger partial charge < -0.3 is 10.0 Å². The number of nitrogens with zero attached hydrogens (tertiary/aromatic N) is 1. The van der Waals surface area contributed by atoms with Crippen molar-refractivity contribution in [2.24, 2.45) is 0 Å². The summed E-state index contributed by atoms with van der Waals surface area (Å²) in [5, 5.41) is 19.7. The summed E-state index contributed by atoms with van der Waals surface area (Å²) in [6.45, 7) is 18.2. The lowest BCUT2D eigenvalue weighted by atomic mass is 9.33. The van der Waals surface area contributed by atoms with Gasteiger partial charge in [-0.1, -0.05) is 221 Å². The Morgan fingerprint density at radius 3 is 1.50 bits per heavy atom. The molecule has 0 atom stereocenters. The Labute approximate surface area is 425 Å². The molecule has 0 spiro atoms. The SMILES string of the molecule is Cc1cc(C)c(B(c2c(C)cc(C)cc2C)c2cc3c4ccccc4c(-c4ccc(N(c5ccc6c(c5)C(C)(C)c5ccccc5-6)c5ccccc5-c5ccccc5)cc4O)cc3c3ccccc23)c(C)c1. The molecule has 2 nitrogen and oxygen atoms in total. The number of phenolic OH excluding ortho intramolecular Hbond substituents is 1. The van der Waals surface area contributed by atoms with E-state index in [0.29, 0.717) is 0 Å². The minimum absolute atomic E-state index is 0.0116. The van der Waals surface area contributed by atoms with Crippen LogP contribution in [0.1, 0.15) is 58.4 Å². The number of phenols is 1. The number of aryl methyl sites for hydroxylation is 6. The molecule has 0 heterocycles. The smallest absolute Gasteiger partial charge is 0.243 e. The summed E-state index contributed by atoms with van der Waals surface area (Å²) >= 11 is 0. The molecule has 1 N–H and O–H groups in total. The van der Waals surface area contributed by atoms with Crippen LogP contribution < -0.4 is 21.3 Å². The van der Waals surface area contributed by atoms with Crippen LogP contribution in [0.4, 0.5) is 17.1 Å². The van der Waals surface area contributed by atoms with E-state index in [-0.39, 0.29) is 17.9 Å². The molecule has 0 aliphatic heterocycles. The number of rotatable bonds is 8. The van der Waals surface area contributed by atoms with Gasteiger partial charge in [-0.05, 0) is 144 Å². The molecule has 0 saturated carbocycles. The molecule has 11 aromatic rings. The standard InChI is InChI=1S/C69H58BNO/c1-42-34-44(3)67(45(4)35-42)70(68-46(5)36-43(2)37-47(68)6)64-41-61-53-24-13-12-23-52(53)59(40-60(61)54-25-14-15-27-57(54)64)58-33-31-50(39-66(58)72)71(65-29-19-17-22-51(65)48-20-10-9-11-21-48)49-30-32-56-55-26-16-18-28-62(55)69(7,8)63(56)38-49/h9-41,72H,1-8H3. The fourth-order valence-corrected chi connectivity index (χ4v) is 12.9. The first-order chi connectivity index (χ1) is 34.9. The van der Waals surface area contributed by atoms with E-state index in [9.17, 15) is 5.11 Å². The van der Waals surface area contributed by atoms with Crippen molar-refractivity contribution in [1.82, 2.24) is 0 Å². The summed E-state index contributed by atoms with van der Waals surface area (Å²) in [5.41, 5.74) is 23.9. The summed E-state index contributed by atoms with van der Waals surface area (Å²) < 4.78 is 0. The highest BCUT2D eigenvalue weighted by atomic mass is 16.3. The van der Waals surface area contributed by atoms with Gasteiger partial charge in [-0.15, -0.1) is 0 Å². The first-order valence-corrected chi connectivity index (χ1v) is 25.4. The van der Waals surface area contributed by atoms with Crippen molar-refractivity contribution in [3.8, 4) is 39.1 Å². The fourth-order valence-electron chi connectivity index (χ4n) is 12.9. The molecule has 1 aliphatic rings. The number of anilines is 3. The van der Waals surface area contributed by atoms with Gasteiger partial charge >= 0.3 is 0 Å². The molecule has 3 heteroatoms. The zero-order chi connectivity index (χ0) is 49.6. The fraction of sp³-hybridized carbons (Fsp3) is 0.130. The molecule has 0 amide bonds. The Balaban J connectivity index is 1.06. The maximum Gasteiger partial charge on any atom is 0.243 e. The Hall–Kier alpha value is -8.14.